The standard InChI is InChI=1S/C18H23N5O2S/c1-2-25-18(24)23-11-9-22(10-12-23)17(26)21-15-6-4-3-5-14(15)13-16-19-7-8-20-16/h3-8H,2,9-13H2,1H3,(H,19,20)(H,21,26). The van der Waals surface area contributed by atoms with Gasteiger partial charge in [-0.05, 0) is 30.8 Å². The molecule has 1 aliphatic heterocycles. The Bertz CT molecular complexity index is 742. The lowest BCUT2D eigenvalue weighted by atomic mass is 10.1. The number of amides is 1. The molecular formula is C18H23N5O2S. The number of hydrogen-bond donors (Lipinski definition) is 2. The highest BCUT2D eigenvalue weighted by Gasteiger charge is 2.23. The molecule has 26 heavy (non-hydrogen) atoms. The predicted molar refractivity (Wildman–Crippen MR) is 104 cm³/mol. The van der Waals surface area contributed by atoms with Crippen LogP contribution in [0.4, 0.5) is 10.5 Å². The Morgan fingerprint density at radius 1 is 1.27 bits per heavy atom. The van der Waals surface area contributed by atoms with E-state index in [1.54, 1.807) is 11.1 Å². The van der Waals surface area contributed by atoms with Crippen LogP contribution in [0.3, 0.4) is 0 Å². The molecular weight excluding hydrogens is 350 g/mol. The summed E-state index contributed by atoms with van der Waals surface area (Å²) >= 11 is 5.58. The Morgan fingerprint density at radius 2 is 2.00 bits per heavy atom. The van der Waals surface area contributed by atoms with E-state index in [1.807, 2.05) is 31.3 Å². The number of anilines is 1. The van der Waals surface area contributed by atoms with Crippen molar-refractivity contribution in [2.75, 3.05) is 38.1 Å². The van der Waals surface area contributed by atoms with Gasteiger partial charge in [0.2, 0.25) is 0 Å². The maximum atomic E-state index is 11.8. The molecule has 8 heteroatoms. The van der Waals surface area contributed by atoms with Crippen LogP contribution in [0, 0.1) is 0 Å². The number of thiocarbonyl (C=S) groups is 1. The van der Waals surface area contributed by atoms with Gasteiger partial charge in [-0.25, -0.2) is 9.78 Å². The molecule has 1 saturated heterocycles. The summed E-state index contributed by atoms with van der Waals surface area (Å²) in [6, 6.07) is 8.06. The summed E-state index contributed by atoms with van der Waals surface area (Å²) in [6.45, 7) is 4.79. The molecule has 1 aromatic carbocycles. The number of H-pyrrole nitrogens is 1. The van der Waals surface area contributed by atoms with Gasteiger partial charge in [-0.15, -0.1) is 0 Å². The monoisotopic (exact) mass is 373 g/mol. The summed E-state index contributed by atoms with van der Waals surface area (Å²) in [4.78, 5) is 23.0. The van der Waals surface area contributed by atoms with Gasteiger partial charge in [0.05, 0.1) is 6.61 Å². The van der Waals surface area contributed by atoms with E-state index in [1.165, 1.54) is 0 Å². The lowest BCUT2D eigenvalue weighted by molar-refractivity contribution is 0.0923. The minimum Gasteiger partial charge on any atom is -0.450 e. The van der Waals surface area contributed by atoms with Crippen LogP contribution in [0.2, 0.25) is 0 Å². The molecule has 3 rings (SSSR count). The van der Waals surface area contributed by atoms with Crippen molar-refractivity contribution >= 4 is 29.1 Å². The van der Waals surface area contributed by atoms with Crippen LogP contribution < -0.4 is 5.32 Å². The number of para-hydroxylation sites is 1. The summed E-state index contributed by atoms with van der Waals surface area (Å²) in [6.07, 6.45) is 4.02. The fourth-order valence-electron chi connectivity index (χ4n) is 2.87. The summed E-state index contributed by atoms with van der Waals surface area (Å²) in [5.74, 6) is 0.910. The molecule has 0 bridgehead atoms. The smallest absolute Gasteiger partial charge is 0.409 e. The Hall–Kier alpha value is -2.61. The molecule has 1 aliphatic rings. The highest BCUT2D eigenvalue weighted by atomic mass is 32.1. The topological polar surface area (TPSA) is 73.5 Å². The fraction of sp³-hybridized carbons (Fsp3) is 0.389. The summed E-state index contributed by atoms with van der Waals surface area (Å²) in [7, 11) is 0. The number of nitrogens with zero attached hydrogens (tertiary/aromatic N) is 3. The molecule has 0 spiro atoms. The zero-order chi connectivity index (χ0) is 18.4. The first-order valence-electron chi connectivity index (χ1n) is 8.71. The van der Waals surface area contributed by atoms with Gasteiger partial charge in [0.25, 0.3) is 0 Å². The van der Waals surface area contributed by atoms with Crippen LogP contribution >= 0.6 is 12.2 Å². The van der Waals surface area contributed by atoms with E-state index in [2.05, 4.69) is 26.3 Å². The van der Waals surface area contributed by atoms with E-state index in [4.69, 9.17) is 17.0 Å². The molecule has 2 aromatic rings. The van der Waals surface area contributed by atoms with E-state index >= 15 is 0 Å². The Morgan fingerprint density at radius 3 is 2.69 bits per heavy atom. The van der Waals surface area contributed by atoms with Gasteiger partial charge in [0, 0.05) is 50.7 Å². The number of aromatic amines is 1. The number of rotatable bonds is 4. The molecule has 138 valence electrons. The Balaban J connectivity index is 1.58. The van der Waals surface area contributed by atoms with Crippen LogP contribution in [0.5, 0.6) is 0 Å². The highest BCUT2D eigenvalue weighted by Crippen LogP contribution is 2.19. The number of aromatic nitrogens is 2. The van der Waals surface area contributed by atoms with Crippen molar-refractivity contribution in [3.05, 3.63) is 48.0 Å². The quantitative estimate of drug-likeness (QED) is 0.802. The Kier molecular flexibility index (Phi) is 6.06. The predicted octanol–water partition coefficient (Wildman–Crippen LogP) is 2.47. The van der Waals surface area contributed by atoms with Crippen LogP contribution in [0.25, 0.3) is 0 Å². The second-order valence-corrected chi connectivity index (χ2v) is 6.36. The number of nitrogens with one attached hydrogen (secondary N) is 2. The van der Waals surface area contributed by atoms with Gasteiger partial charge in [-0.3, -0.25) is 0 Å². The average Bonchev–Trinajstić information content (AvgIpc) is 3.17. The van der Waals surface area contributed by atoms with Crippen LogP contribution in [-0.2, 0) is 11.2 Å². The number of ether oxygens (including phenoxy) is 1. The highest BCUT2D eigenvalue weighted by molar-refractivity contribution is 7.80. The van der Waals surface area contributed by atoms with Gasteiger partial charge in [0.1, 0.15) is 5.82 Å². The summed E-state index contributed by atoms with van der Waals surface area (Å²) < 4.78 is 5.05. The third kappa shape index (κ3) is 4.51. The second-order valence-electron chi connectivity index (χ2n) is 5.97. The first kappa shape index (κ1) is 18.2. The van der Waals surface area contributed by atoms with Crippen molar-refractivity contribution in [2.45, 2.75) is 13.3 Å². The van der Waals surface area contributed by atoms with Gasteiger partial charge in [0.15, 0.2) is 5.11 Å². The lowest BCUT2D eigenvalue weighted by Gasteiger charge is -2.35. The molecule has 2 N–H and O–H groups in total. The van der Waals surface area contributed by atoms with E-state index in [9.17, 15) is 4.79 Å². The number of carbonyl (C=O) groups is 1. The van der Waals surface area contributed by atoms with Crippen LogP contribution in [-0.4, -0.2) is 63.8 Å². The van der Waals surface area contributed by atoms with E-state index in [0.717, 1.165) is 17.1 Å². The van der Waals surface area contributed by atoms with Crippen LogP contribution in [0.1, 0.15) is 18.3 Å². The van der Waals surface area contributed by atoms with Crippen LogP contribution in [0.15, 0.2) is 36.7 Å². The van der Waals surface area contributed by atoms with E-state index in [-0.39, 0.29) is 6.09 Å². The first-order chi connectivity index (χ1) is 12.7. The number of carbonyl (C=O) groups excluding carboxylic acids is 1. The molecule has 0 atom stereocenters. The zero-order valence-electron chi connectivity index (χ0n) is 14.8. The molecule has 1 amide bonds. The molecule has 0 saturated carbocycles. The van der Waals surface area contributed by atoms with Crippen molar-refractivity contribution in [3.63, 3.8) is 0 Å². The molecule has 0 unspecified atom stereocenters. The molecule has 2 heterocycles. The number of benzene rings is 1. The minimum absolute atomic E-state index is 0.255. The SMILES string of the molecule is CCOC(=O)N1CCN(C(=S)Nc2ccccc2Cc2ncc[nH]2)CC1. The number of hydrogen-bond acceptors (Lipinski definition) is 4. The summed E-state index contributed by atoms with van der Waals surface area (Å²) in [5, 5.41) is 4.01. The zero-order valence-corrected chi connectivity index (χ0v) is 15.6. The van der Waals surface area contributed by atoms with Gasteiger partial charge >= 0.3 is 6.09 Å². The molecule has 7 nitrogen and oxygen atoms in total. The van der Waals surface area contributed by atoms with Crippen molar-refractivity contribution < 1.29 is 9.53 Å². The van der Waals surface area contributed by atoms with Crippen molar-refractivity contribution in [1.82, 2.24) is 19.8 Å². The summed E-state index contributed by atoms with van der Waals surface area (Å²) in [5.41, 5.74) is 2.09. The van der Waals surface area contributed by atoms with Gasteiger partial charge < -0.3 is 24.8 Å². The number of piperazine rings is 1. The normalized spacial score (nSPS) is 14.2. The average molecular weight is 373 g/mol. The van der Waals surface area contributed by atoms with Gasteiger partial charge in [-0.2, -0.15) is 0 Å². The lowest BCUT2D eigenvalue weighted by Crippen LogP contribution is -2.51. The molecule has 1 fully saturated rings. The van der Waals surface area contributed by atoms with Crippen molar-refractivity contribution in [2.24, 2.45) is 0 Å². The largest absolute Gasteiger partial charge is 0.450 e. The van der Waals surface area contributed by atoms with Gasteiger partial charge in [-0.1, -0.05) is 18.2 Å². The fourth-order valence-corrected chi connectivity index (χ4v) is 3.17. The first-order valence-corrected chi connectivity index (χ1v) is 9.12. The van der Waals surface area contributed by atoms with E-state index in [0.29, 0.717) is 44.3 Å². The molecule has 0 aliphatic carbocycles. The molecule has 0 radical (unpaired) electrons. The third-order valence-electron chi connectivity index (χ3n) is 4.26. The molecule has 1 aromatic heterocycles. The second kappa shape index (κ2) is 8.66. The minimum atomic E-state index is -0.255. The number of imidazole rings is 1. The maximum absolute atomic E-state index is 11.8. The third-order valence-corrected chi connectivity index (χ3v) is 4.62. The van der Waals surface area contributed by atoms with Crippen molar-refractivity contribution in [1.29, 1.82) is 0 Å². The van der Waals surface area contributed by atoms with Crippen molar-refractivity contribution in [3.8, 4) is 0 Å². The van der Waals surface area contributed by atoms with E-state index < -0.39 is 0 Å². The Labute approximate surface area is 158 Å². The maximum Gasteiger partial charge on any atom is 0.409 e.